The summed E-state index contributed by atoms with van der Waals surface area (Å²) >= 11 is 7.51. The summed E-state index contributed by atoms with van der Waals surface area (Å²) in [6.45, 7) is 7.29. The van der Waals surface area contributed by atoms with E-state index < -0.39 is 0 Å². The third-order valence-electron chi connectivity index (χ3n) is 4.78. The molecule has 0 spiro atoms. The number of ether oxygens (including phenoxy) is 1. The number of esters is 1. The molecule has 1 aliphatic heterocycles. The first kappa shape index (κ1) is 19.8. The molecule has 8 nitrogen and oxygen atoms in total. The molecule has 1 fully saturated rings. The van der Waals surface area contributed by atoms with Crippen LogP contribution in [0.15, 0.2) is 18.5 Å². The molecule has 0 atom stereocenters. The number of aryl methyl sites for hydroxylation is 1. The van der Waals surface area contributed by atoms with E-state index in [1.807, 2.05) is 19.9 Å². The summed E-state index contributed by atoms with van der Waals surface area (Å²) in [6.07, 6.45) is 4.27. The van der Waals surface area contributed by atoms with Gasteiger partial charge in [-0.2, -0.15) is 4.98 Å². The Labute approximate surface area is 177 Å². The van der Waals surface area contributed by atoms with Gasteiger partial charge in [-0.3, -0.25) is 0 Å². The topological polar surface area (TPSA) is 84.3 Å². The summed E-state index contributed by atoms with van der Waals surface area (Å²) in [4.78, 5) is 35.5. The van der Waals surface area contributed by atoms with E-state index in [9.17, 15) is 4.79 Å². The Morgan fingerprint density at radius 1 is 1.17 bits per heavy atom. The highest BCUT2D eigenvalue weighted by molar-refractivity contribution is 7.20. The van der Waals surface area contributed by atoms with Crippen LogP contribution in [-0.4, -0.2) is 58.7 Å². The molecule has 1 aliphatic rings. The molecule has 0 saturated carbocycles. The normalized spacial score (nSPS) is 14.4. The van der Waals surface area contributed by atoms with Crippen molar-refractivity contribution in [3.8, 4) is 0 Å². The van der Waals surface area contributed by atoms with Gasteiger partial charge in [0.1, 0.15) is 15.5 Å². The number of piperazine rings is 1. The van der Waals surface area contributed by atoms with E-state index in [0.717, 1.165) is 55.3 Å². The fourth-order valence-electron chi connectivity index (χ4n) is 3.35. The molecule has 0 unspecified atom stereocenters. The molecular formula is C19H21ClN6O2S. The van der Waals surface area contributed by atoms with Gasteiger partial charge in [-0.05, 0) is 36.6 Å². The van der Waals surface area contributed by atoms with Gasteiger partial charge < -0.3 is 14.5 Å². The van der Waals surface area contributed by atoms with E-state index in [4.69, 9.17) is 16.3 Å². The number of nitrogens with zero attached hydrogens (tertiary/aromatic N) is 6. The highest BCUT2D eigenvalue weighted by Crippen LogP contribution is 2.37. The summed E-state index contributed by atoms with van der Waals surface area (Å²) in [5.41, 5.74) is 0.839. The Morgan fingerprint density at radius 2 is 1.86 bits per heavy atom. The zero-order chi connectivity index (χ0) is 20.4. The van der Waals surface area contributed by atoms with Crippen molar-refractivity contribution in [3.05, 3.63) is 34.2 Å². The predicted molar refractivity (Wildman–Crippen MR) is 114 cm³/mol. The number of carbonyl (C=O) groups excluding carboxylic acids is 1. The average molecular weight is 433 g/mol. The van der Waals surface area contributed by atoms with Gasteiger partial charge in [0.2, 0.25) is 11.2 Å². The Kier molecular flexibility index (Phi) is 5.77. The zero-order valence-electron chi connectivity index (χ0n) is 16.3. The molecule has 29 heavy (non-hydrogen) atoms. The first-order valence-electron chi connectivity index (χ1n) is 9.49. The van der Waals surface area contributed by atoms with Crippen LogP contribution in [-0.2, 0) is 4.74 Å². The fourth-order valence-corrected chi connectivity index (χ4v) is 4.63. The van der Waals surface area contributed by atoms with Crippen LogP contribution in [0.2, 0.25) is 5.28 Å². The lowest BCUT2D eigenvalue weighted by atomic mass is 10.2. The van der Waals surface area contributed by atoms with Crippen LogP contribution < -0.4 is 9.80 Å². The molecular weight excluding hydrogens is 412 g/mol. The lowest BCUT2D eigenvalue weighted by molar-refractivity contribution is 0.0510. The van der Waals surface area contributed by atoms with Crippen LogP contribution in [0.4, 0.5) is 11.8 Å². The van der Waals surface area contributed by atoms with Crippen molar-refractivity contribution < 1.29 is 9.53 Å². The van der Waals surface area contributed by atoms with Crippen LogP contribution in [0.5, 0.6) is 0 Å². The molecule has 152 valence electrons. The largest absolute Gasteiger partial charge is 0.462 e. The summed E-state index contributed by atoms with van der Waals surface area (Å²) in [5, 5.41) is 1.04. The Balaban J connectivity index is 1.62. The van der Waals surface area contributed by atoms with Crippen molar-refractivity contribution in [1.29, 1.82) is 0 Å². The van der Waals surface area contributed by atoms with Gasteiger partial charge in [-0.25, -0.2) is 19.7 Å². The number of rotatable bonds is 5. The van der Waals surface area contributed by atoms with Crippen LogP contribution in [0, 0.1) is 6.92 Å². The van der Waals surface area contributed by atoms with E-state index in [2.05, 4.69) is 29.7 Å². The standard InChI is InChI=1S/C19H21ClN6O2S/c1-3-11-28-17(27)14-12(2)13-15(23-18(20)24-16(13)29-14)25-7-9-26(10-8-25)19-21-5-4-6-22-19/h4-6H,3,7-11H2,1-2H3. The van der Waals surface area contributed by atoms with Crippen LogP contribution in [0.1, 0.15) is 28.6 Å². The van der Waals surface area contributed by atoms with Gasteiger partial charge in [0.25, 0.3) is 0 Å². The molecule has 0 N–H and O–H groups in total. The second-order valence-corrected chi connectivity index (χ2v) is 8.05. The van der Waals surface area contributed by atoms with Crippen LogP contribution >= 0.6 is 22.9 Å². The number of halogens is 1. The first-order valence-corrected chi connectivity index (χ1v) is 10.7. The molecule has 1 saturated heterocycles. The number of fused-ring (bicyclic) bond motifs is 1. The third kappa shape index (κ3) is 3.97. The molecule has 4 heterocycles. The average Bonchev–Trinajstić information content (AvgIpc) is 3.08. The smallest absolute Gasteiger partial charge is 0.348 e. The van der Waals surface area contributed by atoms with Crippen molar-refractivity contribution in [2.24, 2.45) is 0 Å². The molecule has 3 aromatic heterocycles. The molecule has 0 radical (unpaired) electrons. The Hall–Kier alpha value is -2.52. The van der Waals surface area contributed by atoms with Crippen molar-refractivity contribution in [2.75, 3.05) is 42.6 Å². The molecule has 0 aliphatic carbocycles. The van der Waals surface area contributed by atoms with Gasteiger partial charge in [0, 0.05) is 38.6 Å². The molecule has 4 rings (SSSR count). The quantitative estimate of drug-likeness (QED) is 0.448. The number of carbonyl (C=O) groups is 1. The minimum absolute atomic E-state index is 0.177. The van der Waals surface area contributed by atoms with Crippen molar-refractivity contribution in [3.63, 3.8) is 0 Å². The molecule has 3 aromatic rings. The molecule has 0 bridgehead atoms. The van der Waals surface area contributed by atoms with E-state index in [-0.39, 0.29) is 11.3 Å². The van der Waals surface area contributed by atoms with Crippen LogP contribution in [0.3, 0.4) is 0 Å². The lowest BCUT2D eigenvalue weighted by Crippen LogP contribution is -2.47. The Morgan fingerprint density at radius 3 is 2.55 bits per heavy atom. The van der Waals surface area contributed by atoms with Gasteiger partial charge >= 0.3 is 5.97 Å². The first-order chi connectivity index (χ1) is 14.1. The highest BCUT2D eigenvalue weighted by Gasteiger charge is 2.26. The number of hydrogen-bond donors (Lipinski definition) is 0. The van der Waals surface area contributed by atoms with Crippen molar-refractivity contribution >= 4 is 50.9 Å². The van der Waals surface area contributed by atoms with E-state index in [1.165, 1.54) is 11.3 Å². The van der Waals surface area contributed by atoms with E-state index in [1.54, 1.807) is 12.4 Å². The predicted octanol–water partition coefficient (Wildman–Crippen LogP) is 3.34. The second-order valence-electron chi connectivity index (χ2n) is 6.71. The third-order valence-corrected chi connectivity index (χ3v) is 6.12. The van der Waals surface area contributed by atoms with Gasteiger partial charge in [0.15, 0.2) is 0 Å². The number of thiophene rings is 1. The highest BCUT2D eigenvalue weighted by atomic mass is 35.5. The maximum Gasteiger partial charge on any atom is 0.348 e. The summed E-state index contributed by atoms with van der Waals surface area (Å²) in [5.74, 6) is 1.17. The molecule has 10 heteroatoms. The van der Waals surface area contributed by atoms with Crippen molar-refractivity contribution in [2.45, 2.75) is 20.3 Å². The molecule has 0 amide bonds. The van der Waals surface area contributed by atoms with Gasteiger partial charge in [-0.1, -0.05) is 6.92 Å². The Bertz CT molecular complexity index is 1020. The number of aromatic nitrogens is 4. The SMILES string of the molecule is CCCOC(=O)c1sc2nc(Cl)nc(N3CCN(c4ncccn4)CC3)c2c1C. The van der Waals surface area contributed by atoms with Crippen molar-refractivity contribution in [1.82, 2.24) is 19.9 Å². The summed E-state index contributed by atoms with van der Waals surface area (Å²) in [7, 11) is 0. The van der Waals surface area contributed by atoms with Gasteiger partial charge in [0.05, 0.1) is 12.0 Å². The monoisotopic (exact) mass is 432 g/mol. The zero-order valence-corrected chi connectivity index (χ0v) is 17.8. The lowest BCUT2D eigenvalue weighted by Gasteiger charge is -2.35. The van der Waals surface area contributed by atoms with E-state index in [0.29, 0.717) is 16.3 Å². The van der Waals surface area contributed by atoms with E-state index >= 15 is 0 Å². The minimum atomic E-state index is -0.319. The summed E-state index contributed by atoms with van der Waals surface area (Å²) < 4.78 is 5.32. The maximum atomic E-state index is 12.4. The molecule has 0 aromatic carbocycles. The fraction of sp³-hybridized carbons (Fsp3) is 0.421. The number of hydrogen-bond acceptors (Lipinski definition) is 9. The van der Waals surface area contributed by atoms with Crippen LogP contribution in [0.25, 0.3) is 10.2 Å². The summed E-state index contributed by atoms with van der Waals surface area (Å²) in [6, 6.07) is 1.81. The van der Waals surface area contributed by atoms with Gasteiger partial charge in [-0.15, -0.1) is 11.3 Å². The maximum absolute atomic E-state index is 12.4. The minimum Gasteiger partial charge on any atom is -0.462 e. The number of anilines is 2. The second kappa shape index (κ2) is 8.46.